The molecule has 2 aliphatic heterocycles. The summed E-state index contributed by atoms with van der Waals surface area (Å²) in [5.74, 6) is 0.411. The van der Waals surface area contributed by atoms with E-state index in [-0.39, 0.29) is 30.4 Å². The SMILES string of the molecule is CCOC(=O)C1CCN(CC(=O)N2N=C(c3ccc(Cl)cc3)CC2c2ccco2)CC1. The van der Waals surface area contributed by atoms with Gasteiger partial charge in [0, 0.05) is 11.4 Å². The van der Waals surface area contributed by atoms with Crippen LogP contribution in [0, 0.1) is 5.92 Å². The largest absolute Gasteiger partial charge is 0.467 e. The molecule has 31 heavy (non-hydrogen) atoms. The van der Waals surface area contributed by atoms with E-state index in [9.17, 15) is 9.59 Å². The number of furan rings is 1. The van der Waals surface area contributed by atoms with Gasteiger partial charge in [-0.3, -0.25) is 14.5 Å². The summed E-state index contributed by atoms with van der Waals surface area (Å²) in [6.45, 7) is 3.83. The van der Waals surface area contributed by atoms with E-state index in [0.29, 0.717) is 49.7 Å². The maximum Gasteiger partial charge on any atom is 0.309 e. The number of nitrogens with zero attached hydrogens (tertiary/aromatic N) is 3. The molecule has 1 fully saturated rings. The molecule has 0 bridgehead atoms. The first-order valence-electron chi connectivity index (χ1n) is 10.6. The van der Waals surface area contributed by atoms with E-state index in [4.69, 9.17) is 20.8 Å². The van der Waals surface area contributed by atoms with Gasteiger partial charge in [-0.15, -0.1) is 0 Å². The number of esters is 1. The second-order valence-electron chi connectivity index (χ2n) is 7.83. The predicted octanol–water partition coefficient (Wildman–Crippen LogP) is 3.89. The Hall–Kier alpha value is -2.64. The van der Waals surface area contributed by atoms with Gasteiger partial charge in [0.05, 0.1) is 31.0 Å². The predicted molar refractivity (Wildman–Crippen MR) is 117 cm³/mol. The van der Waals surface area contributed by atoms with Crippen molar-refractivity contribution in [3.63, 3.8) is 0 Å². The number of amides is 1. The van der Waals surface area contributed by atoms with Crippen LogP contribution in [0.4, 0.5) is 0 Å². The van der Waals surface area contributed by atoms with Crippen molar-refractivity contribution in [3.8, 4) is 0 Å². The minimum Gasteiger partial charge on any atom is -0.467 e. The Morgan fingerprint density at radius 3 is 2.58 bits per heavy atom. The summed E-state index contributed by atoms with van der Waals surface area (Å²) < 4.78 is 10.7. The summed E-state index contributed by atoms with van der Waals surface area (Å²) in [5, 5.41) is 6.85. The van der Waals surface area contributed by atoms with Gasteiger partial charge in [0.1, 0.15) is 11.8 Å². The lowest BCUT2D eigenvalue weighted by Crippen LogP contribution is -2.43. The van der Waals surface area contributed by atoms with Crippen LogP contribution in [-0.4, -0.2) is 53.7 Å². The zero-order chi connectivity index (χ0) is 21.8. The molecule has 7 nitrogen and oxygen atoms in total. The second-order valence-corrected chi connectivity index (χ2v) is 8.27. The number of piperidine rings is 1. The first-order valence-corrected chi connectivity index (χ1v) is 11.0. The van der Waals surface area contributed by atoms with E-state index in [1.165, 1.54) is 0 Å². The highest BCUT2D eigenvalue weighted by Crippen LogP contribution is 2.33. The van der Waals surface area contributed by atoms with E-state index in [1.807, 2.05) is 43.3 Å². The average molecular weight is 444 g/mol. The monoisotopic (exact) mass is 443 g/mol. The van der Waals surface area contributed by atoms with Crippen molar-refractivity contribution < 1.29 is 18.7 Å². The van der Waals surface area contributed by atoms with Gasteiger partial charge in [0.25, 0.3) is 5.91 Å². The smallest absolute Gasteiger partial charge is 0.309 e. The van der Waals surface area contributed by atoms with Crippen LogP contribution < -0.4 is 0 Å². The summed E-state index contributed by atoms with van der Waals surface area (Å²) in [7, 11) is 0. The minimum absolute atomic E-state index is 0.0801. The first kappa shape index (κ1) is 21.6. The van der Waals surface area contributed by atoms with Gasteiger partial charge in [-0.2, -0.15) is 5.10 Å². The fraction of sp³-hybridized carbons (Fsp3) is 0.435. The molecule has 8 heteroatoms. The number of likely N-dealkylation sites (tertiary alicyclic amines) is 1. The van der Waals surface area contributed by atoms with E-state index in [0.717, 1.165) is 11.3 Å². The highest BCUT2D eigenvalue weighted by atomic mass is 35.5. The lowest BCUT2D eigenvalue weighted by molar-refractivity contribution is -0.149. The number of carbonyl (C=O) groups is 2. The van der Waals surface area contributed by atoms with Gasteiger partial charge in [0.2, 0.25) is 0 Å². The number of rotatable bonds is 6. The van der Waals surface area contributed by atoms with Gasteiger partial charge in [0.15, 0.2) is 0 Å². The number of hydrazone groups is 1. The van der Waals surface area contributed by atoms with E-state index in [2.05, 4.69) is 10.0 Å². The molecule has 0 N–H and O–H groups in total. The molecule has 2 aromatic rings. The van der Waals surface area contributed by atoms with Crippen LogP contribution in [0.2, 0.25) is 5.02 Å². The maximum absolute atomic E-state index is 13.2. The van der Waals surface area contributed by atoms with Crippen molar-refractivity contribution in [2.75, 3.05) is 26.2 Å². The summed E-state index contributed by atoms with van der Waals surface area (Å²) in [6.07, 6.45) is 3.59. The molecule has 1 amide bonds. The summed E-state index contributed by atoms with van der Waals surface area (Å²) in [5.41, 5.74) is 1.76. The Labute approximate surface area is 186 Å². The Kier molecular flexibility index (Phi) is 6.73. The molecule has 1 atom stereocenters. The Morgan fingerprint density at radius 1 is 1.19 bits per heavy atom. The third-order valence-corrected chi connectivity index (χ3v) is 6.03. The lowest BCUT2D eigenvalue weighted by atomic mass is 9.97. The molecular weight excluding hydrogens is 418 g/mol. The van der Waals surface area contributed by atoms with Crippen molar-refractivity contribution in [1.82, 2.24) is 9.91 Å². The van der Waals surface area contributed by atoms with Crippen molar-refractivity contribution >= 4 is 29.2 Å². The van der Waals surface area contributed by atoms with Crippen LogP contribution in [-0.2, 0) is 14.3 Å². The third-order valence-electron chi connectivity index (χ3n) is 5.78. The maximum atomic E-state index is 13.2. The van der Waals surface area contributed by atoms with Crippen LogP contribution in [0.25, 0.3) is 0 Å². The Morgan fingerprint density at radius 2 is 1.94 bits per heavy atom. The second kappa shape index (κ2) is 9.66. The van der Waals surface area contributed by atoms with Gasteiger partial charge in [-0.25, -0.2) is 5.01 Å². The van der Waals surface area contributed by atoms with Crippen LogP contribution in [0.15, 0.2) is 52.2 Å². The van der Waals surface area contributed by atoms with E-state index in [1.54, 1.807) is 11.3 Å². The van der Waals surface area contributed by atoms with E-state index < -0.39 is 0 Å². The van der Waals surface area contributed by atoms with Crippen molar-refractivity contribution in [2.24, 2.45) is 11.0 Å². The highest BCUT2D eigenvalue weighted by Gasteiger charge is 2.36. The third kappa shape index (κ3) is 4.99. The molecular formula is C23H26ClN3O4. The Balaban J connectivity index is 1.44. The molecule has 3 heterocycles. The number of hydrogen-bond donors (Lipinski definition) is 0. The van der Waals surface area contributed by atoms with Crippen LogP contribution in [0.1, 0.15) is 43.6 Å². The molecule has 2 aliphatic rings. The van der Waals surface area contributed by atoms with Gasteiger partial charge in [-0.05, 0) is 62.7 Å². The number of benzene rings is 1. The molecule has 0 radical (unpaired) electrons. The average Bonchev–Trinajstić information content (AvgIpc) is 3.45. The lowest BCUT2D eigenvalue weighted by Gasteiger charge is -2.31. The number of ether oxygens (including phenoxy) is 1. The number of halogens is 1. The number of hydrogen-bond acceptors (Lipinski definition) is 6. The van der Waals surface area contributed by atoms with Gasteiger partial charge >= 0.3 is 5.97 Å². The topological polar surface area (TPSA) is 75.3 Å². The van der Waals surface area contributed by atoms with Crippen LogP contribution >= 0.6 is 11.6 Å². The molecule has 0 spiro atoms. The molecule has 0 saturated carbocycles. The molecule has 1 unspecified atom stereocenters. The van der Waals surface area contributed by atoms with Gasteiger partial charge < -0.3 is 9.15 Å². The summed E-state index contributed by atoms with van der Waals surface area (Å²) in [6, 6.07) is 10.9. The zero-order valence-corrected chi connectivity index (χ0v) is 18.3. The van der Waals surface area contributed by atoms with E-state index >= 15 is 0 Å². The molecule has 1 aromatic carbocycles. The van der Waals surface area contributed by atoms with Crippen LogP contribution in [0.3, 0.4) is 0 Å². The molecule has 1 saturated heterocycles. The molecule has 4 rings (SSSR count). The van der Waals surface area contributed by atoms with Crippen molar-refractivity contribution in [1.29, 1.82) is 0 Å². The molecule has 1 aromatic heterocycles. The quantitative estimate of drug-likeness (QED) is 0.633. The number of carbonyl (C=O) groups excluding carboxylic acids is 2. The fourth-order valence-electron chi connectivity index (χ4n) is 4.11. The minimum atomic E-state index is -0.273. The fourth-order valence-corrected chi connectivity index (χ4v) is 4.24. The van der Waals surface area contributed by atoms with Gasteiger partial charge in [-0.1, -0.05) is 23.7 Å². The first-order chi connectivity index (χ1) is 15.0. The van der Waals surface area contributed by atoms with Crippen molar-refractivity contribution in [3.05, 3.63) is 59.0 Å². The Bertz CT molecular complexity index is 934. The summed E-state index contributed by atoms with van der Waals surface area (Å²) in [4.78, 5) is 27.2. The van der Waals surface area contributed by atoms with Crippen LogP contribution in [0.5, 0.6) is 0 Å². The molecule has 0 aliphatic carbocycles. The standard InChI is InChI=1S/C23H26ClN3O4/c1-2-30-23(29)17-9-11-26(12-10-17)15-22(28)27-20(21-4-3-13-31-21)14-19(25-27)16-5-7-18(24)8-6-16/h3-8,13,17,20H,2,9-12,14-15H2,1H3. The normalized spacial score (nSPS) is 20.0. The highest BCUT2D eigenvalue weighted by molar-refractivity contribution is 6.30. The summed E-state index contributed by atoms with van der Waals surface area (Å²) >= 11 is 6.01. The molecule has 164 valence electrons. The van der Waals surface area contributed by atoms with Crippen molar-refractivity contribution in [2.45, 2.75) is 32.2 Å². The zero-order valence-electron chi connectivity index (χ0n) is 17.5.